The van der Waals surface area contributed by atoms with E-state index in [0.717, 1.165) is 17.4 Å². The molecule has 0 aliphatic heterocycles. The number of hydrogen-bond acceptors (Lipinski definition) is 3. The van der Waals surface area contributed by atoms with Gasteiger partial charge in [-0.3, -0.25) is 9.10 Å². The Morgan fingerprint density at radius 3 is 1.85 bits per heavy atom. The molecule has 1 N–H and O–H groups in total. The maximum absolute atomic E-state index is 13.0. The number of amides is 1. The predicted molar refractivity (Wildman–Crippen MR) is 109 cm³/mol. The van der Waals surface area contributed by atoms with Crippen LogP contribution in [-0.4, -0.2) is 32.7 Å². The van der Waals surface area contributed by atoms with Gasteiger partial charge in [0.25, 0.3) is 0 Å². The zero-order valence-electron chi connectivity index (χ0n) is 17.3. The van der Waals surface area contributed by atoms with Crippen molar-refractivity contribution in [3.05, 3.63) is 29.3 Å². The SMILES string of the molecule is CC[C@@H](C(=O)NC(C(C)C)C(C)C)N(c1cc(C)cc(C)c1)S(C)(=O)=O. The maximum atomic E-state index is 13.0. The molecule has 5 nitrogen and oxygen atoms in total. The molecule has 0 spiro atoms. The fraction of sp³-hybridized carbons (Fsp3) is 0.650. The van der Waals surface area contributed by atoms with E-state index >= 15 is 0 Å². The van der Waals surface area contributed by atoms with Gasteiger partial charge in [0.05, 0.1) is 11.9 Å². The molecule has 0 unspecified atom stereocenters. The Hall–Kier alpha value is -1.56. The quantitative estimate of drug-likeness (QED) is 0.746. The Labute approximate surface area is 159 Å². The highest BCUT2D eigenvalue weighted by molar-refractivity contribution is 7.92. The number of nitrogens with zero attached hydrogens (tertiary/aromatic N) is 1. The molecule has 0 aromatic heterocycles. The Morgan fingerprint density at radius 1 is 1.04 bits per heavy atom. The van der Waals surface area contributed by atoms with Gasteiger partial charge >= 0.3 is 0 Å². The van der Waals surface area contributed by atoms with Crippen LogP contribution in [0.15, 0.2) is 18.2 Å². The van der Waals surface area contributed by atoms with E-state index in [1.54, 1.807) is 0 Å². The van der Waals surface area contributed by atoms with Crippen LogP contribution in [-0.2, 0) is 14.8 Å². The van der Waals surface area contributed by atoms with E-state index in [1.165, 1.54) is 4.31 Å². The van der Waals surface area contributed by atoms with Gasteiger partial charge in [-0.05, 0) is 55.4 Å². The molecule has 0 aliphatic carbocycles. The van der Waals surface area contributed by atoms with Crippen LogP contribution in [0.5, 0.6) is 0 Å². The summed E-state index contributed by atoms with van der Waals surface area (Å²) < 4.78 is 26.4. The molecule has 0 saturated heterocycles. The van der Waals surface area contributed by atoms with Crippen molar-refractivity contribution < 1.29 is 13.2 Å². The number of hydrogen-bond donors (Lipinski definition) is 1. The van der Waals surface area contributed by atoms with Gasteiger partial charge < -0.3 is 5.32 Å². The second-order valence-corrected chi connectivity index (χ2v) is 9.71. The van der Waals surface area contributed by atoms with Gasteiger partial charge in [0.2, 0.25) is 15.9 Å². The zero-order chi connectivity index (χ0) is 20.2. The van der Waals surface area contributed by atoms with Crippen molar-refractivity contribution in [2.75, 3.05) is 10.6 Å². The molecule has 26 heavy (non-hydrogen) atoms. The Morgan fingerprint density at radius 2 is 1.50 bits per heavy atom. The molecule has 6 heteroatoms. The zero-order valence-corrected chi connectivity index (χ0v) is 18.1. The van der Waals surface area contributed by atoms with Crippen molar-refractivity contribution in [3.8, 4) is 0 Å². The van der Waals surface area contributed by atoms with Crippen LogP contribution in [0.2, 0.25) is 0 Å². The number of sulfonamides is 1. The lowest BCUT2D eigenvalue weighted by atomic mass is 9.93. The maximum Gasteiger partial charge on any atom is 0.244 e. The lowest BCUT2D eigenvalue weighted by molar-refractivity contribution is -0.123. The molecule has 1 amide bonds. The molecule has 1 aromatic rings. The number of carbonyl (C=O) groups is 1. The molecule has 1 rings (SSSR count). The normalized spacial score (nSPS) is 13.3. The highest BCUT2D eigenvalue weighted by Gasteiger charge is 2.33. The molecule has 0 heterocycles. The van der Waals surface area contributed by atoms with Crippen LogP contribution >= 0.6 is 0 Å². The minimum atomic E-state index is -3.61. The van der Waals surface area contributed by atoms with Gasteiger partial charge in [-0.15, -0.1) is 0 Å². The van der Waals surface area contributed by atoms with Crippen LogP contribution < -0.4 is 9.62 Å². The van der Waals surface area contributed by atoms with Crippen molar-refractivity contribution in [3.63, 3.8) is 0 Å². The molecule has 1 aromatic carbocycles. The molecular weight excluding hydrogens is 348 g/mol. The van der Waals surface area contributed by atoms with Crippen molar-refractivity contribution in [1.29, 1.82) is 0 Å². The largest absolute Gasteiger partial charge is 0.351 e. The molecular formula is C20H34N2O3S. The van der Waals surface area contributed by atoms with Gasteiger partial charge in [-0.1, -0.05) is 40.7 Å². The van der Waals surface area contributed by atoms with Gasteiger partial charge in [-0.25, -0.2) is 8.42 Å². The Balaban J connectivity index is 3.32. The third-order valence-corrected chi connectivity index (χ3v) is 5.72. The van der Waals surface area contributed by atoms with Crippen LogP contribution in [0.25, 0.3) is 0 Å². The van der Waals surface area contributed by atoms with Crippen molar-refractivity contribution in [1.82, 2.24) is 5.32 Å². The third kappa shape index (κ3) is 5.73. The molecule has 0 radical (unpaired) electrons. The predicted octanol–water partition coefficient (Wildman–Crippen LogP) is 3.64. The second-order valence-electron chi connectivity index (χ2n) is 7.85. The summed E-state index contributed by atoms with van der Waals surface area (Å²) in [4.78, 5) is 13.0. The Kier molecular flexibility index (Phi) is 7.69. The Bertz CT molecular complexity index is 698. The van der Waals surface area contributed by atoms with Crippen LogP contribution in [0, 0.1) is 25.7 Å². The highest BCUT2D eigenvalue weighted by atomic mass is 32.2. The summed E-state index contributed by atoms with van der Waals surface area (Å²) in [7, 11) is -3.61. The number of rotatable bonds is 8. The fourth-order valence-corrected chi connectivity index (χ4v) is 4.70. The van der Waals surface area contributed by atoms with Gasteiger partial charge in [0.15, 0.2) is 0 Å². The van der Waals surface area contributed by atoms with E-state index in [4.69, 9.17) is 0 Å². The monoisotopic (exact) mass is 382 g/mol. The smallest absolute Gasteiger partial charge is 0.244 e. The first-order valence-corrected chi connectivity index (χ1v) is 11.1. The van der Waals surface area contributed by atoms with E-state index in [1.807, 2.05) is 39.0 Å². The number of aryl methyl sites for hydroxylation is 2. The highest BCUT2D eigenvalue weighted by Crippen LogP contribution is 2.25. The van der Waals surface area contributed by atoms with E-state index in [9.17, 15) is 13.2 Å². The number of nitrogens with one attached hydrogen (secondary N) is 1. The van der Waals surface area contributed by atoms with Crippen LogP contribution in [0.1, 0.15) is 52.2 Å². The van der Waals surface area contributed by atoms with Crippen molar-refractivity contribution in [2.24, 2.45) is 11.8 Å². The summed E-state index contributed by atoms with van der Waals surface area (Å²) >= 11 is 0. The molecule has 1 atom stereocenters. The van der Waals surface area contributed by atoms with E-state index in [2.05, 4.69) is 33.0 Å². The molecule has 0 saturated carbocycles. The second kappa shape index (κ2) is 8.89. The standard InChI is InChI=1S/C20H34N2O3S/c1-9-18(20(23)21-19(13(2)3)14(4)5)22(26(8,24)25)17-11-15(6)10-16(7)12-17/h10-14,18-19H,9H2,1-8H3,(H,21,23)/t18-/m0/s1. The van der Waals surface area contributed by atoms with E-state index < -0.39 is 16.1 Å². The minimum Gasteiger partial charge on any atom is -0.351 e. The van der Waals surface area contributed by atoms with E-state index in [0.29, 0.717) is 12.1 Å². The first-order chi connectivity index (χ1) is 11.9. The molecule has 0 fully saturated rings. The van der Waals surface area contributed by atoms with Gasteiger partial charge in [-0.2, -0.15) is 0 Å². The van der Waals surface area contributed by atoms with Crippen molar-refractivity contribution >= 4 is 21.6 Å². The minimum absolute atomic E-state index is 0.00259. The van der Waals surface area contributed by atoms with E-state index in [-0.39, 0.29) is 23.8 Å². The average Bonchev–Trinajstić information content (AvgIpc) is 2.46. The lowest BCUT2D eigenvalue weighted by Gasteiger charge is -2.33. The first kappa shape index (κ1) is 22.5. The fourth-order valence-electron chi connectivity index (χ4n) is 3.50. The number of anilines is 1. The van der Waals surface area contributed by atoms with Crippen LogP contribution in [0.4, 0.5) is 5.69 Å². The topological polar surface area (TPSA) is 66.5 Å². The third-order valence-electron chi connectivity index (χ3n) is 4.54. The van der Waals surface area contributed by atoms with Gasteiger partial charge in [0.1, 0.15) is 6.04 Å². The number of benzene rings is 1. The van der Waals surface area contributed by atoms with Crippen LogP contribution in [0.3, 0.4) is 0 Å². The molecule has 0 aliphatic rings. The first-order valence-electron chi connectivity index (χ1n) is 9.26. The van der Waals surface area contributed by atoms with Gasteiger partial charge in [0, 0.05) is 6.04 Å². The summed E-state index contributed by atoms with van der Waals surface area (Å²) in [6.07, 6.45) is 1.55. The number of carbonyl (C=O) groups excluding carboxylic acids is 1. The summed E-state index contributed by atoms with van der Waals surface area (Å²) in [6, 6.07) is 4.83. The molecule has 0 bridgehead atoms. The average molecular weight is 383 g/mol. The summed E-state index contributed by atoms with van der Waals surface area (Å²) in [5.74, 6) is 0.290. The lowest BCUT2D eigenvalue weighted by Crippen LogP contribution is -2.53. The summed E-state index contributed by atoms with van der Waals surface area (Å²) in [5, 5.41) is 3.07. The molecule has 148 valence electrons. The summed E-state index contributed by atoms with van der Waals surface area (Å²) in [5.41, 5.74) is 2.47. The van der Waals surface area contributed by atoms with Crippen molar-refractivity contribution in [2.45, 2.75) is 67.0 Å². The summed E-state index contributed by atoms with van der Waals surface area (Å²) in [6.45, 7) is 13.9.